The van der Waals surface area contributed by atoms with Gasteiger partial charge < -0.3 is 5.11 Å². The average Bonchev–Trinajstić information content (AvgIpc) is 2.50. The Hall–Kier alpha value is -2.20. The standard InChI is InChI=1S/C18H20N2O2/c21-18(22)16-12-20(13-16)11-15-6-4-14(5-7-15)8-9-17-3-1-2-10-19-17/h1-7,10,16H,8-9,11-13H2,(H,21,22). The van der Waals surface area contributed by atoms with Crippen molar-refractivity contribution in [1.82, 2.24) is 9.88 Å². The molecule has 2 heterocycles. The van der Waals surface area contributed by atoms with E-state index >= 15 is 0 Å². The maximum absolute atomic E-state index is 10.8. The van der Waals surface area contributed by atoms with Crippen LogP contribution >= 0.6 is 0 Å². The van der Waals surface area contributed by atoms with Gasteiger partial charge in [0.25, 0.3) is 0 Å². The Morgan fingerprint density at radius 1 is 1.09 bits per heavy atom. The number of nitrogens with zero attached hydrogens (tertiary/aromatic N) is 2. The molecule has 0 spiro atoms. The van der Waals surface area contributed by atoms with Gasteiger partial charge >= 0.3 is 5.97 Å². The number of aryl methyl sites for hydroxylation is 2. The quantitative estimate of drug-likeness (QED) is 0.889. The third kappa shape index (κ3) is 3.71. The van der Waals surface area contributed by atoms with E-state index in [1.807, 2.05) is 18.3 Å². The molecule has 0 radical (unpaired) electrons. The SMILES string of the molecule is O=C(O)C1CN(Cc2ccc(CCc3ccccn3)cc2)C1. The van der Waals surface area contributed by atoms with Crippen LogP contribution in [0.1, 0.15) is 16.8 Å². The number of aromatic nitrogens is 1. The Labute approximate surface area is 130 Å². The molecule has 0 bridgehead atoms. The lowest BCUT2D eigenvalue weighted by Crippen LogP contribution is -2.49. The van der Waals surface area contributed by atoms with Crippen molar-refractivity contribution in [2.45, 2.75) is 19.4 Å². The highest BCUT2D eigenvalue weighted by atomic mass is 16.4. The molecule has 1 N–H and O–H groups in total. The summed E-state index contributed by atoms with van der Waals surface area (Å²) in [5, 5.41) is 8.87. The number of rotatable bonds is 6. The molecule has 1 saturated heterocycles. The van der Waals surface area contributed by atoms with Crippen LogP contribution in [0.5, 0.6) is 0 Å². The summed E-state index contributed by atoms with van der Waals surface area (Å²) in [6.45, 7) is 2.16. The van der Waals surface area contributed by atoms with Crippen LogP contribution in [0.3, 0.4) is 0 Å². The Balaban J connectivity index is 1.47. The minimum Gasteiger partial charge on any atom is -0.481 e. The molecule has 0 amide bonds. The summed E-state index contributed by atoms with van der Waals surface area (Å²) >= 11 is 0. The molecule has 1 fully saturated rings. The van der Waals surface area contributed by atoms with Crippen molar-refractivity contribution in [2.75, 3.05) is 13.1 Å². The topological polar surface area (TPSA) is 53.4 Å². The van der Waals surface area contributed by atoms with E-state index in [1.165, 1.54) is 11.1 Å². The zero-order valence-corrected chi connectivity index (χ0v) is 12.5. The molecule has 4 heteroatoms. The van der Waals surface area contributed by atoms with Gasteiger partial charge in [-0.25, -0.2) is 0 Å². The molecule has 1 aliphatic rings. The number of carboxylic acids is 1. The minimum absolute atomic E-state index is 0.183. The lowest BCUT2D eigenvalue weighted by molar-refractivity contribution is -0.147. The highest BCUT2D eigenvalue weighted by molar-refractivity contribution is 5.71. The lowest BCUT2D eigenvalue weighted by Gasteiger charge is -2.36. The molecule has 0 atom stereocenters. The molecule has 1 aromatic heterocycles. The van der Waals surface area contributed by atoms with E-state index in [4.69, 9.17) is 5.11 Å². The van der Waals surface area contributed by atoms with E-state index in [0.29, 0.717) is 13.1 Å². The maximum Gasteiger partial charge on any atom is 0.309 e. The summed E-state index contributed by atoms with van der Waals surface area (Å²) in [5.74, 6) is -0.862. The molecule has 1 aromatic carbocycles. The summed E-state index contributed by atoms with van der Waals surface area (Å²) in [6, 6.07) is 14.6. The second kappa shape index (κ2) is 6.71. The van der Waals surface area contributed by atoms with Crippen LogP contribution in [0.25, 0.3) is 0 Å². The first-order valence-corrected chi connectivity index (χ1v) is 7.63. The van der Waals surface area contributed by atoms with E-state index in [-0.39, 0.29) is 5.92 Å². The number of hydrogen-bond donors (Lipinski definition) is 1. The van der Waals surface area contributed by atoms with Gasteiger partial charge in [-0.3, -0.25) is 14.7 Å². The largest absolute Gasteiger partial charge is 0.481 e. The number of carboxylic acid groups (broad SMARTS) is 1. The van der Waals surface area contributed by atoms with Crippen LogP contribution in [0.15, 0.2) is 48.7 Å². The first kappa shape index (κ1) is 14.7. The number of aliphatic carboxylic acids is 1. The smallest absolute Gasteiger partial charge is 0.309 e. The molecule has 4 nitrogen and oxygen atoms in total. The first-order chi connectivity index (χ1) is 10.7. The van der Waals surface area contributed by atoms with Crippen molar-refractivity contribution in [3.8, 4) is 0 Å². The Morgan fingerprint density at radius 3 is 2.45 bits per heavy atom. The lowest BCUT2D eigenvalue weighted by atomic mass is 9.99. The first-order valence-electron chi connectivity index (χ1n) is 7.63. The van der Waals surface area contributed by atoms with Crippen LogP contribution in [-0.4, -0.2) is 34.0 Å². The maximum atomic E-state index is 10.8. The van der Waals surface area contributed by atoms with Crippen LogP contribution < -0.4 is 0 Å². The molecule has 2 aromatic rings. The molecule has 3 rings (SSSR count). The summed E-state index contributed by atoms with van der Waals surface area (Å²) in [5.41, 5.74) is 3.67. The van der Waals surface area contributed by atoms with Crippen LogP contribution in [0, 0.1) is 5.92 Å². The van der Waals surface area contributed by atoms with Crippen molar-refractivity contribution in [2.24, 2.45) is 5.92 Å². The fraction of sp³-hybridized carbons (Fsp3) is 0.333. The van der Waals surface area contributed by atoms with Gasteiger partial charge in [0.2, 0.25) is 0 Å². The van der Waals surface area contributed by atoms with Gasteiger partial charge in [0.15, 0.2) is 0 Å². The molecule has 1 aliphatic heterocycles. The molecule has 22 heavy (non-hydrogen) atoms. The number of pyridine rings is 1. The van der Waals surface area contributed by atoms with Crippen molar-refractivity contribution in [3.05, 3.63) is 65.5 Å². The summed E-state index contributed by atoms with van der Waals surface area (Å²) in [4.78, 5) is 17.3. The Kier molecular flexibility index (Phi) is 4.49. The minimum atomic E-state index is -0.680. The Morgan fingerprint density at radius 2 is 1.82 bits per heavy atom. The normalized spacial score (nSPS) is 15.5. The van der Waals surface area contributed by atoms with Gasteiger partial charge in [-0.05, 0) is 36.1 Å². The fourth-order valence-corrected chi connectivity index (χ4v) is 2.74. The zero-order valence-electron chi connectivity index (χ0n) is 12.5. The van der Waals surface area contributed by atoms with Crippen LogP contribution in [0.4, 0.5) is 0 Å². The van der Waals surface area contributed by atoms with Gasteiger partial charge in [0, 0.05) is 31.5 Å². The molecular weight excluding hydrogens is 276 g/mol. The van der Waals surface area contributed by atoms with Gasteiger partial charge in [0.05, 0.1) is 5.92 Å². The molecule has 0 unspecified atom stereocenters. The molecule has 114 valence electrons. The number of benzene rings is 1. The summed E-state index contributed by atoms with van der Waals surface area (Å²) < 4.78 is 0. The van der Waals surface area contributed by atoms with Gasteiger partial charge in [-0.2, -0.15) is 0 Å². The second-order valence-electron chi connectivity index (χ2n) is 5.87. The third-order valence-electron chi connectivity index (χ3n) is 4.13. The Bertz CT molecular complexity index is 619. The van der Waals surface area contributed by atoms with E-state index in [9.17, 15) is 4.79 Å². The average molecular weight is 296 g/mol. The predicted molar refractivity (Wildman–Crippen MR) is 84.5 cm³/mol. The highest BCUT2D eigenvalue weighted by Gasteiger charge is 2.31. The summed E-state index contributed by atoms with van der Waals surface area (Å²) in [7, 11) is 0. The second-order valence-corrected chi connectivity index (χ2v) is 5.87. The van der Waals surface area contributed by atoms with Crippen molar-refractivity contribution >= 4 is 5.97 Å². The van der Waals surface area contributed by atoms with Crippen LogP contribution in [0.2, 0.25) is 0 Å². The number of likely N-dealkylation sites (tertiary alicyclic amines) is 1. The van der Waals surface area contributed by atoms with E-state index < -0.39 is 5.97 Å². The zero-order chi connectivity index (χ0) is 15.4. The van der Waals surface area contributed by atoms with Gasteiger partial charge in [-0.1, -0.05) is 30.3 Å². The number of carbonyl (C=O) groups is 1. The van der Waals surface area contributed by atoms with Crippen LogP contribution in [-0.2, 0) is 24.2 Å². The third-order valence-corrected chi connectivity index (χ3v) is 4.13. The molecular formula is C18H20N2O2. The predicted octanol–water partition coefficient (Wildman–Crippen LogP) is 2.38. The van der Waals surface area contributed by atoms with Gasteiger partial charge in [0.1, 0.15) is 0 Å². The number of hydrogen-bond acceptors (Lipinski definition) is 3. The van der Waals surface area contributed by atoms with Crippen molar-refractivity contribution < 1.29 is 9.90 Å². The van der Waals surface area contributed by atoms with E-state index in [2.05, 4.69) is 40.2 Å². The summed E-state index contributed by atoms with van der Waals surface area (Å²) in [6.07, 6.45) is 3.77. The van der Waals surface area contributed by atoms with Crippen molar-refractivity contribution in [3.63, 3.8) is 0 Å². The van der Waals surface area contributed by atoms with Gasteiger partial charge in [-0.15, -0.1) is 0 Å². The van der Waals surface area contributed by atoms with E-state index in [0.717, 1.165) is 25.1 Å². The highest BCUT2D eigenvalue weighted by Crippen LogP contribution is 2.19. The van der Waals surface area contributed by atoms with E-state index in [1.54, 1.807) is 0 Å². The van der Waals surface area contributed by atoms with Crippen molar-refractivity contribution in [1.29, 1.82) is 0 Å². The molecule has 0 saturated carbocycles. The fourth-order valence-electron chi connectivity index (χ4n) is 2.74. The monoisotopic (exact) mass is 296 g/mol. The molecule has 0 aliphatic carbocycles.